The molecule has 0 aromatic heterocycles. The number of amides is 2. The Balaban J connectivity index is 0.00000484. The van der Waals surface area contributed by atoms with Crippen LogP contribution in [-0.2, 0) is 9.59 Å². The molecule has 0 bridgehead atoms. The number of nitrogens with two attached hydrogens (primary N) is 1. The molecule has 1 aromatic rings. The van der Waals surface area contributed by atoms with Crippen LogP contribution in [0.4, 0.5) is 11.4 Å². The van der Waals surface area contributed by atoms with E-state index < -0.39 is 11.5 Å². The van der Waals surface area contributed by atoms with E-state index in [1.807, 2.05) is 40.7 Å². The zero-order chi connectivity index (χ0) is 16.9. The first-order valence-corrected chi connectivity index (χ1v) is 7.63. The minimum Gasteiger partial charge on any atom is -0.325 e. The highest BCUT2D eigenvalue weighted by molar-refractivity contribution is 5.98. The number of benzene rings is 1. The molecular weight excluding hydrogens is 314 g/mol. The summed E-state index contributed by atoms with van der Waals surface area (Å²) in [5.74, 6) is -0.277. The van der Waals surface area contributed by atoms with Gasteiger partial charge in [-0.15, -0.1) is 12.4 Å². The highest BCUT2D eigenvalue weighted by Gasteiger charge is 2.22. The van der Waals surface area contributed by atoms with Crippen LogP contribution in [0.25, 0.3) is 0 Å². The van der Waals surface area contributed by atoms with Crippen LogP contribution in [0, 0.1) is 12.3 Å². The Morgan fingerprint density at radius 2 is 1.83 bits per heavy atom. The van der Waals surface area contributed by atoms with Crippen LogP contribution in [0.3, 0.4) is 0 Å². The van der Waals surface area contributed by atoms with E-state index >= 15 is 0 Å². The molecule has 2 amide bonds. The molecule has 0 spiro atoms. The molecule has 5 nitrogen and oxygen atoms in total. The molecule has 23 heavy (non-hydrogen) atoms. The Kier molecular flexibility index (Phi) is 8.28. The van der Waals surface area contributed by atoms with Gasteiger partial charge >= 0.3 is 0 Å². The molecule has 4 N–H and O–H groups in total. The van der Waals surface area contributed by atoms with Crippen molar-refractivity contribution in [3.05, 3.63) is 23.8 Å². The van der Waals surface area contributed by atoms with Crippen molar-refractivity contribution in [3.63, 3.8) is 0 Å². The molecule has 0 aliphatic carbocycles. The highest BCUT2D eigenvalue weighted by atomic mass is 35.5. The quantitative estimate of drug-likeness (QED) is 0.766. The van der Waals surface area contributed by atoms with E-state index in [0.717, 1.165) is 12.0 Å². The summed E-state index contributed by atoms with van der Waals surface area (Å²) >= 11 is 0. The molecule has 0 radical (unpaired) electrons. The molecule has 0 saturated carbocycles. The summed E-state index contributed by atoms with van der Waals surface area (Å²) in [4.78, 5) is 24.1. The van der Waals surface area contributed by atoms with Gasteiger partial charge in [0.2, 0.25) is 11.8 Å². The van der Waals surface area contributed by atoms with Crippen LogP contribution in [0.15, 0.2) is 18.2 Å². The maximum Gasteiger partial charge on any atom is 0.241 e. The Morgan fingerprint density at radius 3 is 2.35 bits per heavy atom. The Morgan fingerprint density at radius 1 is 1.22 bits per heavy atom. The standard InChI is InChI=1S/C17H27N3O2.ClH/c1-6-7-13(18)15(21)19-12-9-8-11(2)14(10-12)20-16(22)17(3,4)5;/h8-10,13H,6-7,18H2,1-5H3,(H,19,21)(H,20,22);1H. The van der Waals surface area contributed by atoms with Crippen LogP contribution in [0.5, 0.6) is 0 Å². The molecule has 0 aliphatic heterocycles. The lowest BCUT2D eigenvalue weighted by Gasteiger charge is -2.19. The van der Waals surface area contributed by atoms with Crippen molar-refractivity contribution in [1.82, 2.24) is 0 Å². The van der Waals surface area contributed by atoms with E-state index in [0.29, 0.717) is 17.8 Å². The zero-order valence-electron chi connectivity index (χ0n) is 14.5. The number of carbonyl (C=O) groups is 2. The fourth-order valence-corrected chi connectivity index (χ4v) is 1.82. The summed E-state index contributed by atoms with van der Waals surface area (Å²) < 4.78 is 0. The van der Waals surface area contributed by atoms with Crippen LogP contribution in [0.1, 0.15) is 46.1 Å². The van der Waals surface area contributed by atoms with Gasteiger partial charge in [0.1, 0.15) is 0 Å². The van der Waals surface area contributed by atoms with E-state index in [9.17, 15) is 9.59 Å². The van der Waals surface area contributed by atoms with E-state index in [1.165, 1.54) is 0 Å². The number of carbonyl (C=O) groups excluding carboxylic acids is 2. The monoisotopic (exact) mass is 341 g/mol. The molecule has 1 rings (SSSR count). The van der Waals surface area contributed by atoms with Crippen molar-refractivity contribution in [3.8, 4) is 0 Å². The number of aryl methyl sites for hydroxylation is 1. The predicted molar refractivity (Wildman–Crippen MR) is 98.0 cm³/mol. The fraction of sp³-hybridized carbons (Fsp3) is 0.529. The second-order valence-corrected chi connectivity index (χ2v) is 6.62. The second-order valence-electron chi connectivity index (χ2n) is 6.62. The topological polar surface area (TPSA) is 84.2 Å². The third-order valence-corrected chi connectivity index (χ3v) is 3.37. The first-order valence-electron chi connectivity index (χ1n) is 7.63. The van der Waals surface area contributed by atoms with Crippen LogP contribution >= 0.6 is 12.4 Å². The lowest BCUT2D eigenvalue weighted by molar-refractivity contribution is -0.123. The number of halogens is 1. The summed E-state index contributed by atoms with van der Waals surface area (Å²) in [6.07, 6.45) is 1.50. The molecule has 130 valence electrons. The van der Waals surface area contributed by atoms with Gasteiger partial charge in [-0.3, -0.25) is 9.59 Å². The van der Waals surface area contributed by atoms with Gasteiger partial charge in [0.15, 0.2) is 0 Å². The number of hydrogen-bond acceptors (Lipinski definition) is 3. The smallest absolute Gasteiger partial charge is 0.241 e. The Labute approximate surface area is 144 Å². The summed E-state index contributed by atoms with van der Waals surface area (Å²) in [7, 11) is 0. The van der Waals surface area contributed by atoms with Gasteiger partial charge in [0, 0.05) is 16.8 Å². The van der Waals surface area contributed by atoms with Crippen molar-refractivity contribution >= 4 is 35.6 Å². The summed E-state index contributed by atoms with van der Waals surface area (Å²) in [5.41, 5.74) is 7.59. The lowest BCUT2D eigenvalue weighted by atomic mass is 9.95. The highest BCUT2D eigenvalue weighted by Crippen LogP contribution is 2.23. The third-order valence-electron chi connectivity index (χ3n) is 3.37. The fourth-order valence-electron chi connectivity index (χ4n) is 1.82. The zero-order valence-corrected chi connectivity index (χ0v) is 15.3. The van der Waals surface area contributed by atoms with Crippen LogP contribution in [-0.4, -0.2) is 17.9 Å². The first kappa shape index (κ1) is 21.4. The minimum absolute atomic E-state index is 0. The van der Waals surface area contributed by atoms with Crippen molar-refractivity contribution in [2.24, 2.45) is 11.1 Å². The molecular formula is C17H28ClN3O2. The normalized spacial score (nSPS) is 12.1. The van der Waals surface area contributed by atoms with Crippen molar-refractivity contribution in [2.75, 3.05) is 10.6 Å². The number of rotatable bonds is 5. The average Bonchev–Trinajstić information content (AvgIpc) is 2.41. The molecule has 1 unspecified atom stereocenters. The van der Waals surface area contributed by atoms with E-state index in [-0.39, 0.29) is 24.2 Å². The summed E-state index contributed by atoms with van der Waals surface area (Å²) in [5, 5.41) is 5.69. The average molecular weight is 342 g/mol. The molecule has 0 aliphatic rings. The van der Waals surface area contributed by atoms with Crippen molar-refractivity contribution in [2.45, 2.75) is 53.5 Å². The number of hydrogen-bond donors (Lipinski definition) is 3. The predicted octanol–water partition coefficient (Wildman–Crippen LogP) is 3.47. The summed E-state index contributed by atoms with van der Waals surface area (Å²) in [6.45, 7) is 9.46. The maximum atomic E-state index is 12.1. The van der Waals surface area contributed by atoms with Gasteiger partial charge in [0.05, 0.1) is 6.04 Å². The molecule has 1 aromatic carbocycles. The minimum atomic E-state index is -0.515. The lowest BCUT2D eigenvalue weighted by Crippen LogP contribution is -2.35. The van der Waals surface area contributed by atoms with Crippen molar-refractivity contribution < 1.29 is 9.59 Å². The molecule has 0 heterocycles. The van der Waals surface area contributed by atoms with Gasteiger partial charge in [0.25, 0.3) is 0 Å². The third kappa shape index (κ3) is 6.59. The van der Waals surface area contributed by atoms with E-state index in [1.54, 1.807) is 12.1 Å². The van der Waals surface area contributed by atoms with Gasteiger partial charge < -0.3 is 16.4 Å². The Bertz CT molecular complexity index is 553. The SMILES string of the molecule is CCCC(N)C(=O)Nc1ccc(C)c(NC(=O)C(C)(C)C)c1.Cl. The molecule has 1 atom stereocenters. The summed E-state index contributed by atoms with van der Waals surface area (Å²) in [6, 6.07) is 4.91. The molecule has 6 heteroatoms. The van der Waals surface area contributed by atoms with Crippen LogP contribution < -0.4 is 16.4 Å². The van der Waals surface area contributed by atoms with Gasteiger partial charge in [-0.1, -0.05) is 40.2 Å². The van der Waals surface area contributed by atoms with E-state index in [2.05, 4.69) is 10.6 Å². The van der Waals surface area contributed by atoms with E-state index in [4.69, 9.17) is 5.73 Å². The molecule has 0 saturated heterocycles. The van der Waals surface area contributed by atoms with Crippen molar-refractivity contribution in [1.29, 1.82) is 0 Å². The van der Waals surface area contributed by atoms with Gasteiger partial charge in [-0.2, -0.15) is 0 Å². The second kappa shape index (κ2) is 8.89. The number of nitrogens with one attached hydrogen (secondary N) is 2. The molecule has 0 fully saturated rings. The van der Waals surface area contributed by atoms with Gasteiger partial charge in [-0.05, 0) is 31.0 Å². The van der Waals surface area contributed by atoms with Crippen LogP contribution in [0.2, 0.25) is 0 Å². The van der Waals surface area contributed by atoms with Gasteiger partial charge in [-0.25, -0.2) is 0 Å². The first-order chi connectivity index (χ1) is 10.1. The maximum absolute atomic E-state index is 12.1. The number of anilines is 2. The largest absolute Gasteiger partial charge is 0.325 e. The Hall–Kier alpha value is -1.59.